The van der Waals surface area contributed by atoms with Crippen molar-refractivity contribution in [1.29, 1.82) is 0 Å². The fourth-order valence-corrected chi connectivity index (χ4v) is 9.69. The van der Waals surface area contributed by atoms with E-state index in [9.17, 15) is 0 Å². The van der Waals surface area contributed by atoms with E-state index in [0.717, 1.165) is 88.9 Å². The van der Waals surface area contributed by atoms with Crippen molar-refractivity contribution in [2.24, 2.45) is 0 Å². The monoisotopic (exact) mass is 815 g/mol. The van der Waals surface area contributed by atoms with E-state index in [0.29, 0.717) is 0 Å². The molecule has 0 spiro atoms. The molecule has 12 aromatic rings. The second kappa shape index (κ2) is 15.8. The van der Waals surface area contributed by atoms with E-state index in [1.165, 1.54) is 27.3 Å². The Morgan fingerprint density at radius 3 is 1.39 bits per heavy atom. The summed E-state index contributed by atoms with van der Waals surface area (Å²) in [5.74, 6) is 0. The lowest BCUT2D eigenvalue weighted by atomic mass is 9.88. The minimum absolute atomic E-state index is 0.874. The molecule has 0 unspecified atom stereocenters. The van der Waals surface area contributed by atoms with Crippen molar-refractivity contribution in [2.75, 3.05) is 4.90 Å². The molecule has 0 N–H and O–H groups in total. The van der Waals surface area contributed by atoms with Crippen LogP contribution in [-0.4, -0.2) is 0 Å². The van der Waals surface area contributed by atoms with E-state index < -0.39 is 0 Å². The molecule has 0 atom stereocenters. The maximum Gasteiger partial charge on any atom is 0.143 e. The molecule has 2 nitrogen and oxygen atoms in total. The number of benzene rings is 11. The first-order valence-corrected chi connectivity index (χ1v) is 21.9. The highest BCUT2D eigenvalue weighted by atomic mass is 16.3. The van der Waals surface area contributed by atoms with Gasteiger partial charge in [0.25, 0.3) is 0 Å². The quantitative estimate of drug-likeness (QED) is 0.142. The van der Waals surface area contributed by atoms with Crippen molar-refractivity contribution < 1.29 is 4.42 Å². The topological polar surface area (TPSA) is 16.4 Å². The van der Waals surface area contributed by atoms with Crippen LogP contribution in [0.1, 0.15) is 0 Å². The highest BCUT2D eigenvalue weighted by molar-refractivity contribution is 6.23. The van der Waals surface area contributed by atoms with E-state index in [4.69, 9.17) is 4.42 Å². The Hall–Kier alpha value is -8.46. The Bertz CT molecular complexity index is 3590. The molecule has 0 fully saturated rings. The fourth-order valence-electron chi connectivity index (χ4n) is 9.69. The molecule has 1 heterocycles. The Morgan fingerprint density at radius 1 is 0.281 bits per heavy atom. The van der Waals surface area contributed by atoms with E-state index in [2.05, 4.69) is 248 Å². The Kier molecular flexibility index (Phi) is 9.20. The van der Waals surface area contributed by atoms with Crippen LogP contribution in [0, 0.1) is 0 Å². The summed E-state index contributed by atoms with van der Waals surface area (Å²) < 4.78 is 6.79. The molecule has 0 amide bonds. The van der Waals surface area contributed by atoms with E-state index in [1.807, 2.05) is 6.07 Å². The molecule has 0 aliphatic carbocycles. The minimum atomic E-state index is 0.874. The van der Waals surface area contributed by atoms with Gasteiger partial charge in [-0.05, 0) is 85.4 Å². The van der Waals surface area contributed by atoms with Gasteiger partial charge in [-0.3, -0.25) is 0 Å². The van der Waals surface area contributed by atoms with Crippen LogP contribution in [0.25, 0.3) is 99.1 Å². The van der Waals surface area contributed by atoms with Gasteiger partial charge < -0.3 is 9.32 Å². The van der Waals surface area contributed by atoms with Crippen LogP contribution in [0.4, 0.5) is 17.1 Å². The summed E-state index contributed by atoms with van der Waals surface area (Å²) in [4.78, 5) is 2.53. The Morgan fingerprint density at radius 2 is 0.734 bits per heavy atom. The normalized spacial score (nSPS) is 11.4. The molecular formula is C62H41NO. The highest BCUT2D eigenvalue weighted by Crippen LogP contribution is 2.53. The predicted molar refractivity (Wildman–Crippen MR) is 271 cm³/mol. The zero-order chi connectivity index (χ0) is 42.4. The van der Waals surface area contributed by atoms with Gasteiger partial charge in [0, 0.05) is 38.5 Å². The van der Waals surface area contributed by atoms with Crippen molar-refractivity contribution in [1.82, 2.24) is 0 Å². The minimum Gasteiger partial charge on any atom is -0.455 e. The molecule has 12 rings (SSSR count). The number of nitrogens with zero attached hydrogens (tertiary/aromatic N) is 1. The molecule has 0 aliphatic heterocycles. The van der Waals surface area contributed by atoms with E-state index >= 15 is 0 Å². The van der Waals surface area contributed by atoms with Crippen molar-refractivity contribution >= 4 is 60.5 Å². The van der Waals surface area contributed by atoms with Gasteiger partial charge in [0.15, 0.2) is 0 Å². The maximum absolute atomic E-state index is 6.79. The first-order chi connectivity index (χ1) is 31.8. The number of rotatable bonds is 8. The Balaban J connectivity index is 1.22. The molecule has 11 aromatic carbocycles. The molecule has 64 heavy (non-hydrogen) atoms. The van der Waals surface area contributed by atoms with Crippen LogP contribution < -0.4 is 4.90 Å². The third kappa shape index (κ3) is 6.44. The third-order valence-corrected chi connectivity index (χ3v) is 12.6. The van der Waals surface area contributed by atoms with Crippen LogP contribution in [0.15, 0.2) is 253 Å². The molecule has 0 aliphatic rings. The average Bonchev–Trinajstić information content (AvgIpc) is 3.77. The highest BCUT2D eigenvalue weighted by Gasteiger charge is 2.27. The van der Waals surface area contributed by atoms with Crippen molar-refractivity contribution in [3.05, 3.63) is 249 Å². The second-order valence-electron chi connectivity index (χ2n) is 16.4. The van der Waals surface area contributed by atoms with Gasteiger partial charge in [-0.1, -0.05) is 218 Å². The first kappa shape index (κ1) is 37.3. The molecule has 0 saturated carbocycles. The molecule has 0 bridgehead atoms. The van der Waals surface area contributed by atoms with Gasteiger partial charge >= 0.3 is 0 Å². The van der Waals surface area contributed by atoms with Crippen LogP contribution in [0.2, 0.25) is 0 Å². The van der Waals surface area contributed by atoms with Crippen molar-refractivity contribution in [3.8, 4) is 55.6 Å². The largest absolute Gasteiger partial charge is 0.455 e. The van der Waals surface area contributed by atoms with Crippen LogP contribution in [0.3, 0.4) is 0 Å². The summed E-state index contributed by atoms with van der Waals surface area (Å²) in [5.41, 5.74) is 16.3. The summed E-state index contributed by atoms with van der Waals surface area (Å²) in [5, 5.41) is 6.97. The lowest BCUT2D eigenvalue weighted by Crippen LogP contribution is -2.14. The van der Waals surface area contributed by atoms with Crippen molar-refractivity contribution in [2.45, 2.75) is 0 Å². The summed E-state index contributed by atoms with van der Waals surface area (Å²) in [6.07, 6.45) is 0. The molecule has 2 heteroatoms. The smallest absolute Gasteiger partial charge is 0.143 e. The maximum atomic E-state index is 6.79. The summed E-state index contributed by atoms with van der Waals surface area (Å²) in [6.45, 7) is 0. The van der Waals surface area contributed by atoms with Gasteiger partial charge in [-0.2, -0.15) is 0 Å². The van der Waals surface area contributed by atoms with Crippen LogP contribution in [-0.2, 0) is 0 Å². The SMILES string of the molecule is c1ccc(-c2ccc(-c3c(N(c4cc(-c5ccccc5)cc(-c5ccccc5)c4)c4ccccc4-c4cccc5c4oc4ccccc45)c4ccccc4c4ccccc34)cc2)cc1. The summed E-state index contributed by atoms with van der Waals surface area (Å²) in [7, 11) is 0. The van der Waals surface area contributed by atoms with Gasteiger partial charge in [-0.25, -0.2) is 0 Å². The average molecular weight is 816 g/mol. The van der Waals surface area contributed by atoms with Gasteiger partial charge in [-0.15, -0.1) is 0 Å². The summed E-state index contributed by atoms with van der Waals surface area (Å²) in [6, 6.07) is 89.9. The second-order valence-corrected chi connectivity index (χ2v) is 16.4. The Labute approximate surface area is 372 Å². The predicted octanol–water partition coefficient (Wildman–Crippen LogP) is 17.7. The molecule has 300 valence electrons. The van der Waals surface area contributed by atoms with E-state index in [1.54, 1.807) is 0 Å². The zero-order valence-electron chi connectivity index (χ0n) is 35.0. The number of para-hydroxylation sites is 3. The molecular weight excluding hydrogens is 775 g/mol. The molecule has 1 aromatic heterocycles. The lowest BCUT2D eigenvalue weighted by molar-refractivity contribution is 0.670. The van der Waals surface area contributed by atoms with E-state index in [-0.39, 0.29) is 0 Å². The number of anilines is 3. The fraction of sp³-hybridized carbons (Fsp3) is 0. The van der Waals surface area contributed by atoms with Crippen LogP contribution in [0.5, 0.6) is 0 Å². The number of fused-ring (bicyclic) bond motifs is 6. The number of hydrogen-bond donors (Lipinski definition) is 0. The summed E-state index contributed by atoms with van der Waals surface area (Å²) >= 11 is 0. The third-order valence-electron chi connectivity index (χ3n) is 12.6. The van der Waals surface area contributed by atoms with Gasteiger partial charge in [0.05, 0.1) is 11.4 Å². The lowest BCUT2D eigenvalue weighted by Gasteiger charge is -2.33. The molecule has 0 saturated heterocycles. The first-order valence-electron chi connectivity index (χ1n) is 21.9. The number of furan rings is 1. The van der Waals surface area contributed by atoms with Crippen molar-refractivity contribution in [3.63, 3.8) is 0 Å². The van der Waals surface area contributed by atoms with Crippen LogP contribution >= 0.6 is 0 Å². The number of hydrogen-bond acceptors (Lipinski definition) is 2. The molecule has 0 radical (unpaired) electrons. The van der Waals surface area contributed by atoms with Gasteiger partial charge in [0.1, 0.15) is 11.2 Å². The standard InChI is InChI=1S/C62H41NO/c1-4-19-42(20-5-1)45-35-37-46(38-36-45)60-54-29-12-10-25-50(54)51-26-11-13-30-55(51)61(60)63(49-40-47(43-21-6-2-7-22-43)39-48(41-49)44-23-8-3-9-24-44)58-33-16-14-27-52(58)56-31-18-32-57-53-28-15-17-34-59(53)64-62(56)57/h1-41H. The van der Waals surface area contributed by atoms with Gasteiger partial charge in [0.2, 0.25) is 0 Å². The zero-order valence-corrected chi connectivity index (χ0v) is 35.0.